The Labute approximate surface area is 101 Å². The first-order valence-electron chi connectivity index (χ1n) is 5.92. The van der Waals surface area contributed by atoms with E-state index in [0.29, 0.717) is 13.2 Å². The molecule has 4 heteroatoms. The van der Waals surface area contributed by atoms with Crippen molar-refractivity contribution in [2.75, 3.05) is 25.6 Å². The van der Waals surface area contributed by atoms with Gasteiger partial charge in [-0.1, -0.05) is 18.2 Å². The molecule has 0 radical (unpaired) electrons. The minimum atomic E-state index is -0.130. The van der Waals surface area contributed by atoms with E-state index >= 15 is 0 Å². The number of rotatable bonds is 5. The zero-order valence-corrected chi connectivity index (χ0v) is 10.0. The molecule has 92 valence electrons. The Morgan fingerprint density at radius 3 is 3.12 bits per heavy atom. The average molecular weight is 234 g/mol. The summed E-state index contributed by atoms with van der Waals surface area (Å²) in [7, 11) is 1.66. The lowest BCUT2D eigenvalue weighted by Gasteiger charge is -2.11. The average Bonchev–Trinajstić information content (AvgIpc) is 2.78. The van der Waals surface area contributed by atoms with Gasteiger partial charge in [0, 0.05) is 32.4 Å². The van der Waals surface area contributed by atoms with Crippen molar-refractivity contribution >= 4 is 11.6 Å². The Bertz CT molecular complexity index is 368. The van der Waals surface area contributed by atoms with E-state index < -0.39 is 0 Å². The number of methoxy groups -OCH3 is 1. The highest BCUT2D eigenvalue weighted by Gasteiger charge is 2.25. The number of fused-ring (bicyclic) bond motifs is 1. The van der Waals surface area contributed by atoms with Gasteiger partial charge in [0.05, 0.1) is 0 Å². The number of nitrogens with one attached hydrogen (secondary N) is 2. The van der Waals surface area contributed by atoms with Crippen molar-refractivity contribution in [3.05, 3.63) is 29.8 Å². The van der Waals surface area contributed by atoms with Crippen LogP contribution in [0.3, 0.4) is 0 Å². The van der Waals surface area contributed by atoms with E-state index in [2.05, 4.69) is 16.7 Å². The van der Waals surface area contributed by atoms with Crippen molar-refractivity contribution in [3.63, 3.8) is 0 Å². The molecule has 1 amide bonds. The van der Waals surface area contributed by atoms with Crippen molar-refractivity contribution in [2.24, 2.45) is 0 Å². The third-order valence-electron chi connectivity index (χ3n) is 2.91. The summed E-state index contributed by atoms with van der Waals surface area (Å²) in [4.78, 5) is 11.9. The van der Waals surface area contributed by atoms with Crippen molar-refractivity contribution in [1.82, 2.24) is 5.32 Å². The topological polar surface area (TPSA) is 50.4 Å². The fourth-order valence-corrected chi connectivity index (χ4v) is 2.01. The molecule has 1 atom stereocenters. The van der Waals surface area contributed by atoms with Gasteiger partial charge in [0.2, 0.25) is 5.91 Å². The molecule has 0 aromatic heterocycles. The first-order valence-corrected chi connectivity index (χ1v) is 5.92. The van der Waals surface area contributed by atoms with E-state index in [1.807, 2.05) is 18.2 Å². The second-order valence-electron chi connectivity index (χ2n) is 4.20. The molecular formula is C13H18N2O2. The molecule has 1 aliphatic rings. The molecule has 0 saturated carbocycles. The lowest BCUT2D eigenvalue weighted by atomic mass is 10.1. The van der Waals surface area contributed by atoms with Crippen molar-refractivity contribution in [2.45, 2.75) is 18.9 Å². The number of ether oxygens (including phenoxy) is 1. The monoisotopic (exact) mass is 234 g/mol. The van der Waals surface area contributed by atoms with Gasteiger partial charge in [-0.15, -0.1) is 0 Å². The van der Waals surface area contributed by atoms with Crippen LogP contribution in [0.15, 0.2) is 24.3 Å². The van der Waals surface area contributed by atoms with E-state index in [9.17, 15) is 4.79 Å². The number of carbonyl (C=O) groups is 1. The van der Waals surface area contributed by atoms with Crippen LogP contribution in [-0.2, 0) is 16.0 Å². The van der Waals surface area contributed by atoms with Gasteiger partial charge in [-0.2, -0.15) is 0 Å². The number of para-hydroxylation sites is 1. The third-order valence-corrected chi connectivity index (χ3v) is 2.91. The summed E-state index contributed by atoms with van der Waals surface area (Å²) < 4.78 is 4.93. The highest BCUT2D eigenvalue weighted by Crippen LogP contribution is 2.24. The number of benzene rings is 1. The van der Waals surface area contributed by atoms with Crippen LogP contribution in [0.2, 0.25) is 0 Å². The summed E-state index contributed by atoms with van der Waals surface area (Å²) in [6.45, 7) is 1.35. The van der Waals surface area contributed by atoms with Crippen molar-refractivity contribution in [3.8, 4) is 0 Å². The number of hydrogen-bond acceptors (Lipinski definition) is 3. The summed E-state index contributed by atoms with van der Waals surface area (Å²) >= 11 is 0. The molecule has 2 rings (SSSR count). The molecule has 0 saturated heterocycles. The second-order valence-corrected chi connectivity index (χ2v) is 4.20. The molecule has 17 heavy (non-hydrogen) atoms. The van der Waals surface area contributed by atoms with Crippen LogP contribution in [0, 0.1) is 0 Å². The van der Waals surface area contributed by atoms with Gasteiger partial charge in [0.15, 0.2) is 0 Å². The number of carbonyl (C=O) groups excluding carboxylic acids is 1. The molecule has 0 bridgehead atoms. The minimum Gasteiger partial charge on any atom is -0.385 e. The number of hydrogen-bond donors (Lipinski definition) is 2. The highest BCUT2D eigenvalue weighted by atomic mass is 16.5. The molecule has 4 nitrogen and oxygen atoms in total. The lowest BCUT2D eigenvalue weighted by Crippen LogP contribution is -2.39. The van der Waals surface area contributed by atoms with Crippen LogP contribution in [-0.4, -0.2) is 32.2 Å². The smallest absolute Gasteiger partial charge is 0.242 e. The first kappa shape index (κ1) is 11.9. The Morgan fingerprint density at radius 1 is 1.53 bits per heavy atom. The maximum Gasteiger partial charge on any atom is 0.242 e. The zero-order valence-electron chi connectivity index (χ0n) is 10.0. The van der Waals surface area contributed by atoms with Crippen molar-refractivity contribution in [1.29, 1.82) is 0 Å². The van der Waals surface area contributed by atoms with Gasteiger partial charge in [0.25, 0.3) is 0 Å². The van der Waals surface area contributed by atoms with E-state index in [4.69, 9.17) is 4.74 Å². The van der Waals surface area contributed by atoms with E-state index in [-0.39, 0.29) is 11.9 Å². The maximum absolute atomic E-state index is 11.9. The van der Waals surface area contributed by atoms with Crippen molar-refractivity contribution < 1.29 is 9.53 Å². The van der Waals surface area contributed by atoms with E-state index in [1.54, 1.807) is 7.11 Å². The molecule has 0 unspecified atom stereocenters. The Kier molecular flexibility index (Phi) is 3.98. The summed E-state index contributed by atoms with van der Waals surface area (Å²) in [5, 5.41) is 6.14. The van der Waals surface area contributed by atoms with Crippen LogP contribution in [0.5, 0.6) is 0 Å². The fourth-order valence-electron chi connectivity index (χ4n) is 2.01. The fraction of sp³-hybridized carbons (Fsp3) is 0.462. The standard InChI is InChI=1S/C13H18N2O2/c1-17-8-4-7-14-13(16)12-9-10-5-2-3-6-11(10)15-12/h2-3,5-6,12,15H,4,7-9H2,1H3,(H,14,16)/t12-/m0/s1. The lowest BCUT2D eigenvalue weighted by molar-refractivity contribution is -0.121. The van der Waals surface area contributed by atoms with Gasteiger partial charge >= 0.3 is 0 Å². The van der Waals surface area contributed by atoms with Crippen LogP contribution >= 0.6 is 0 Å². The zero-order chi connectivity index (χ0) is 12.1. The van der Waals surface area contributed by atoms with Gasteiger partial charge < -0.3 is 15.4 Å². The Hall–Kier alpha value is -1.55. The van der Waals surface area contributed by atoms with E-state index in [1.165, 1.54) is 5.56 Å². The normalized spacial score (nSPS) is 17.4. The molecule has 0 aliphatic carbocycles. The SMILES string of the molecule is COCCCNC(=O)[C@@H]1Cc2ccccc2N1. The third kappa shape index (κ3) is 2.97. The van der Waals surface area contributed by atoms with E-state index in [0.717, 1.165) is 18.5 Å². The summed E-state index contributed by atoms with van der Waals surface area (Å²) in [5.74, 6) is 0.0669. The quantitative estimate of drug-likeness (QED) is 0.752. The summed E-state index contributed by atoms with van der Waals surface area (Å²) in [6, 6.07) is 7.91. The first-order chi connectivity index (χ1) is 8.31. The molecule has 1 aromatic carbocycles. The Balaban J connectivity index is 1.80. The van der Waals surface area contributed by atoms with Gasteiger partial charge in [0.1, 0.15) is 6.04 Å². The largest absolute Gasteiger partial charge is 0.385 e. The summed E-state index contributed by atoms with van der Waals surface area (Å²) in [6.07, 6.45) is 1.62. The molecule has 0 spiro atoms. The maximum atomic E-state index is 11.9. The number of amides is 1. The molecule has 2 N–H and O–H groups in total. The predicted octanol–water partition coefficient (Wildman–Crippen LogP) is 1.18. The predicted molar refractivity (Wildman–Crippen MR) is 67.1 cm³/mol. The van der Waals surface area contributed by atoms with Gasteiger partial charge in [-0.25, -0.2) is 0 Å². The van der Waals surface area contributed by atoms with Crippen LogP contribution in [0.25, 0.3) is 0 Å². The molecular weight excluding hydrogens is 216 g/mol. The van der Waals surface area contributed by atoms with Gasteiger partial charge in [-0.3, -0.25) is 4.79 Å². The van der Waals surface area contributed by atoms with Gasteiger partial charge in [-0.05, 0) is 18.1 Å². The highest BCUT2D eigenvalue weighted by molar-refractivity contribution is 5.87. The molecule has 1 heterocycles. The summed E-state index contributed by atoms with van der Waals surface area (Å²) in [5.41, 5.74) is 2.29. The second kappa shape index (κ2) is 5.68. The minimum absolute atomic E-state index is 0.0669. The Morgan fingerprint density at radius 2 is 2.35 bits per heavy atom. The number of anilines is 1. The van der Waals surface area contributed by atoms with Crippen LogP contribution in [0.1, 0.15) is 12.0 Å². The molecule has 1 aromatic rings. The van der Waals surface area contributed by atoms with Crippen LogP contribution < -0.4 is 10.6 Å². The molecule has 1 aliphatic heterocycles. The molecule has 0 fully saturated rings. The van der Waals surface area contributed by atoms with Crippen LogP contribution in [0.4, 0.5) is 5.69 Å².